The van der Waals surface area contributed by atoms with E-state index in [2.05, 4.69) is 20.6 Å². The molecule has 3 aromatic rings. The molecule has 0 aliphatic carbocycles. The second kappa shape index (κ2) is 8.78. The molecule has 0 saturated heterocycles. The monoisotopic (exact) mass is 426 g/mol. The Morgan fingerprint density at radius 2 is 2.07 bits per heavy atom. The van der Waals surface area contributed by atoms with E-state index in [0.29, 0.717) is 22.9 Å². The summed E-state index contributed by atoms with van der Waals surface area (Å²) in [6.45, 7) is 0.260. The maximum Gasteiger partial charge on any atom is 0.268 e. The number of nitrogens with zero attached hydrogens (tertiary/aromatic N) is 1. The molecule has 10 heteroatoms. The number of likely N-dealkylation sites (N-methyl/N-ethyl adjacent to an activating group) is 1. The fraction of sp³-hybridized carbons (Fsp3) is 0.222. The number of amides is 1. The van der Waals surface area contributed by atoms with Crippen molar-refractivity contribution in [3.8, 4) is 11.3 Å². The molecule has 2 aromatic heterocycles. The Bertz CT molecular complexity index is 969. The highest BCUT2D eigenvalue weighted by molar-refractivity contribution is 7.09. The summed E-state index contributed by atoms with van der Waals surface area (Å²) in [5.74, 6) is -2.16. The molecule has 0 aliphatic heterocycles. The van der Waals surface area contributed by atoms with Crippen molar-refractivity contribution in [1.82, 2.24) is 20.6 Å². The first-order valence-electron chi connectivity index (χ1n) is 8.27. The van der Waals surface area contributed by atoms with Gasteiger partial charge in [-0.3, -0.25) is 4.79 Å². The molecule has 0 aliphatic rings. The van der Waals surface area contributed by atoms with Crippen LogP contribution in [-0.2, 0) is 6.61 Å². The Morgan fingerprint density at radius 3 is 2.68 bits per heavy atom. The molecule has 1 aromatic carbocycles. The summed E-state index contributed by atoms with van der Waals surface area (Å²) in [4.78, 5) is 19.7. The average Bonchev–Trinajstić information content (AvgIpc) is 3.35. The summed E-state index contributed by atoms with van der Waals surface area (Å²) in [7, 11) is 1.75. The van der Waals surface area contributed by atoms with Gasteiger partial charge in [-0.05, 0) is 31.3 Å². The van der Waals surface area contributed by atoms with Gasteiger partial charge in [-0.15, -0.1) is 11.3 Å². The van der Waals surface area contributed by atoms with Crippen molar-refractivity contribution in [3.63, 3.8) is 0 Å². The van der Waals surface area contributed by atoms with Gasteiger partial charge in [0, 0.05) is 23.2 Å². The number of thiazole rings is 1. The zero-order valence-electron chi connectivity index (χ0n) is 14.7. The first kappa shape index (κ1) is 20.4. The van der Waals surface area contributed by atoms with Crippen LogP contribution in [0.15, 0.2) is 29.6 Å². The molecule has 0 spiro atoms. The maximum atomic E-state index is 13.7. The molecule has 148 valence electrons. The quantitative estimate of drug-likeness (QED) is 0.436. The Morgan fingerprint density at radius 1 is 1.36 bits per heavy atom. The second-order valence-electron chi connectivity index (χ2n) is 5.96. The van der Waals surface area contributed by atoms with Crippen LogP contribution < -0.4 is 10.6 Å². The lowest BCUT2D eigenvalue weighted by atomic mass is 10.1. The third-order valence-electron chi connectivity index (χ3n) is 3.97. The number of halogens is 3. The van der Waals surface area contributed by atoms with Crippen LogP contribution in [0.1, 0.15) is 27.2 Å². The van der Waals surface area contributed by atoms with E-state index < -0.39 is 28.6 Å². The van der Waals surface area contributed by atoms with E-state index in [4.69, 9.17) is 16.7 Å². The van der Waals surface area contributed by atoms with Crippen LogP contribution in [0.2, 0.25) is 5.02 Å². The number of aliphatic hydroxyl groups excluding tert-OH is 1. The summed E-state index contributed by atoms with van der Waals surface area (Å²) in [6, 6.07) is 4.85. The maximum absolute atomic E-state index is 13.7. The lowest BCUT2D eigenvalue weighted by molar-refractivity contribution is 0.0932. The summed E-state index contributed by atoms with van der Waals surface area (Å²) in [5.41, 5.74) is 1.37. The number of carbonyl (C=O) groups excluding carboxylic acids is 1. The largest absolute Gasteiger partial charge is 0.390 e. The summed E-state index contributed by atoms with van der Waals surface area (Å²) < 4.78 is 27.3. The lowest BCUT2D eigenvalue weighted by Crippen LogP contribution is -2.34. The minimum Gasteiger partial charge on any atom is -0.390 e. The van der Waals surface area contributed by atoms with Gasteiger partial charge in [0.05, 0.1) is 18.3 Å². The van der Waals surface area contributed by atoms with Gasteiger partial charge < -0.3 is 20.7 Å². The highest BCUT2D eigenvalue weighted by atomic mass is 35.5. The molecule has 0 saturated carbocycles. The second-order valence-corrected chi connectivity index (χ2v) is 7.23. The SMILES string of the molecule is CNC[C@H](NC(=O)c1ccc(-c2cc(F)c(Cl)c(F)c2)[nH]1)c1nc(CO)cs1. The van der Waals surface area contributed by atoms with E-state index in [-0.39, 0.29) is 17.9 Å². The number of H-pyrrole nitrogens is 1. The Kier molecular flexibility index (Phi) is 6.40. The predicted molar refractivity (Wildman–Crippen MR) is 103 cm³/mol. The number of nitrogens with one attached hydrogen (secondary N) is 3. The van der Waals surface area contributed by atoms with Gasteiger partial charge in [-0.1, -0.05) is 11.6 Å². The topological polar surface area (TPSA) is 90.0 Å². The van der Waals surface area contributed by atoms with E-state index in [1.54, 1.807) is 18.5 Å². The van der Waals surface area contributed by atoms with Crippen molar-refractivity contribution >= 4 is 28.8 Å². The van der Waals surface area contributed by atoms with Crippen LogP contribution in [0.4, 0.5) is 8.78 Å². The zero-order chi connectivity index (χ0) is 20.3. The van der Waals surface area contributed by atoms with Gasteiger partial charge in [-0.2, -0.15) is 0 Å². The molecular weight excluding hydrogens is 410 g/mol. The molecule has 0 bridgehead atoms. The first-order chi connectivity index (χ1) is 13.4. The lowest BCUT2D eigenvalue weighted by Gasteiger charge is -2.15. The van der Waals surface area contributed by atoms with Gasteiger partial charge in [0.15, 0.2) is 0 Å². The molecule has 2 heterocycles. The standard InChI is InChI=1S/C18H17ClF2N4O2S/c1-22-6-15(18-23-10(7-26)8-28-18)25-17(27)14-3-2-13(24-14)9-4-11(20)16(19)12(21)5-9/h2-5,8,15,22,24,26H,6-7H2,1H3,(H,25,27)/t15-/m0/s1. The smallest absolute Gasteiger partial charge is 0.268 e. The molecule has 28 heavy (non-hydrogen) atoms. The molecule has 0 radical (unpaired) electrons. The number of hydrogen-bond acceptors (Lipinski definition) is 5. The van der Waals surface area contributed by atoms with Crippen molar-refractivity contribution in [2.24, 2.45) is 0 Å². The van der Waals surface area contributed by atoms with Crippen LogP contribution in [0.3, 0.4) is 0 Å². The first-order valence-corrected chi connectivity index (χ1v) is 9.53. The molecule has 0 fully saturated rings. The van der Waals surface area contributed by atoms with E-state index >= 15 is 0 Å². The minimum absolute atomic E-state index is 0.176. The minimum atomic E-state index is -0.880. The highest BCUT2D eigenvalue weighted by Gasteiger charge is 2.20. The van der Waals surface area contributed by atoms with Crippen LogP contribution in [0, 0.1) is 11.6 Å². The number of aromatic amines is 1. The third-order valence-corrected chi connectivity index (χ3v) is 5.34. The fourth-order valence-electron chi connectivity index (χ4n) is 2.60. The normalized spacial score (nSPS) is 12.2. The zero-order valence-corrected chi connectivity index (χ0v) is 16.3. The van der Waals surface area contributed by atoms with Crippen molar-refractivity contribution in [1.29, 1.82) is 0 Å². The van der Waals surface area contributed by atoms with Crippen molar-refractivity contribution < 1.29 is 18.7 Å². The fourth-order valence-corrected chi connectivity index (χ4v) is 3.57. The molecular formula is C18H17ClF2N4O2S. The summed E-state index contributed by atoms with van der Waals surface area (Å²) >= 11 is 6.83. The van der Waals surface area contributed by atoms with Crippen molar-refractivity contribution in [3.05, 3.63) is 62.7 Å². The van der Waals surface area contributed by atoms with Crippen LogP contribution >= 0.6 is 22.9 Å². The molecule has 0 unspecified atom stereocenters. The number of benzene rings is 1. The Labute approximate surface area is 168 Å². The average molecular weight is 427 g/mol. The molecule has 3 rings (SSSR count). The highest BCUT2D eigenvalue weighted by Crippen LogP contribution is 2.27. The predicted octanol–water partition coefficient (Wildman–Crippen LogP) is 3.25. The van der Waals surface area contributed by atoms with Gasteiger partial charge in [-0.25, -0.2) is 13.8 Å². The van der Waals surface area contributed by atoms with E-state index in [1.165, 1.54) is 17.4 Å². The van der Waals surface area contributed by atoms with Gasteiger partial charge in [0.1, 0.15) is 27.4 Å². The number of aromatic nitrogens is 2. The summed E-state index contributed by atoms with van der Waals surface area (Å²) in [5, 5.41) is 16.8. The van der Waals surface area contributed by atoms with Crippen LogP contribution in [0.5, 0.6) is 0 Å². The molecule has 1 amide bonds. The van der Waals surface area contributed by atoms with Gasteiger partial charge in [0.25, 0.3) is 5.91 Å². The Balaban J connectivity index is 1.79. The van der Waals surface area contributed by atoms with Gasteiger partial charge >= 0.3 is 0 Å². The van der Waals surface area contributed by atoms with Gasteiger partial charge in [0.2, 0.25) is 0 Å². The summed E-state index contributed by atoms with van der Waals surface area (Å²) in [6.07, 6.45) is 0. The number of hydrogen-bond donors (Lipinski definition) is 4. The molecule has 1 atom stereocenters. The number of carbonyl (C=O) groups is 1. The number of rotatable bonds is 7. The Hall–Kier alpha value is -2.33. The van der Waals surface area contributed by atoms with E-state index in [1.807, 2.05) is 0 Å². The van der Waals surface area contributed by atoms with Crippen LogP contribution in [-0.4, -0.2) is 34.6 Å². The third kappa shape index (κ3) is 4.39. The van der Waals surface area contributed by atoms with E-state index in [9.17, 15) is 13.6 Å². The van der Waals surface area contributed by atoms with Crippen molar-refractivity contribution in [2.45, 2.75) is 12.6 Å². The van der Waals surface area contributed by atoms with Crippen molar-refractivity contribution in [2.75, 3.05) is 13.6 Å². The molecule has 4 N–H and O–H groups in total. The van der Waals surface area contributed by atoms with E-state index in [0.717, 1.165) is 12.1 Å². The van der Waals surface area contributed by atoms with Crippen LogP contribution in [0.25, 0.3) is 11.3 Å². The molecule has 6 nitrogen and oxygen atoms in total. The number of aliphatic hydroxyl groups is 1.